The Morgan fingerprint density at radius 1 is 0.610 bits per heavy atom. The van der Waals surface area contributed by atoms with Crippen molar-refractivity contribution < 1.29 is 38.4 Å². The van der Waals surface area contributed by atoms with Crippen LogP contribution in [0.2, 0.25) is 0 Å². The molecular formula is C64H78N10O8. The molecule has 10 atom stereocenters. The smallest absolute Gasteiger partial charge is 0.251 e. The molecule has 8 amide bonds. The molecule has 0 saturated carbocycles. The lowest BCUT2D eigenvalue weighted by atomic mass is 9.87. The third-order valence-electron chi connectivity index (χ3n) is 15.8. The summed E-state index contributed by atoms with van der Waals surface area (Å²) in [6.45, 7) is 18.6. The molecule has 0 spiro atoms. The molecule has 2 heterocycles. The Hall–Kier alpha value is -8.40. The Labute approximate surface area is 481 Å². The van der Waals surface area contributed by atoms with Crippen LogP contribution in [0.5, 0.6) is 0 Å². The fourth-order valence-corrected chi connectivity index (χ4v) is 10.7. The number of carbonyl (C=O) groups is 8. The first-order chi connectivity index (χ1) is 39.2. The van der Waals surface area contributed by atoms with Crippen LogP contribution in [-0.2, 0) is 35.2 Å². The van der Waals surface area contributed by atoms with Gasteiger partial charge in [0.25, 0.3) is 11.8 Å². The van der Waals surface area contributed by atoms with Gasteiger partial charge in [-0.2, -0.15) is 0 Å². The van der Waals surface area contributed by atoms with Crippen molar-refractivity contribution in [1.29, 1.82) is 0 Å². The highest BCUT2D eigenvalue weighted by Crippen LogP contribution is 2.31. The summed E-state index contributed by atoms with van der Waals surface area (Å²) >= 11 is 0. The number of nitrogens with zero attached hydrogens (tertiary/aromatic N) is 2. The van der Waals surface area contributed by atoms with Gasteiger partial charge >= 0.3 is 0 Å². The average Bonchev–Trinajstić information content (AvgIpc) is 4.15. The van der Waals surface area contributed by atoms with E-state index >= 15 is 0 Å². The fourth-order valence-electron chi connectivity index (χ4n) is 10.7. The maximum Gasteiger partial charge on any atom is 0.251 e. The van der Waals surface area contributed by atoms with E-state index in [9.17, 15) is 38.4 Å². The van der Waals surface area contributed by atoms with Crippen LogP contribution in [-0.4, -0.2) is 133 Å². The Morgan fingerprint density at radius 3 is 1.54 bits per heavy atom. The predicted molar refractivity (Wildman–Crippen MR) is 315 cm³/mol. The highest BCUT2D eigenvalue weighted by atomic mass is 16.2. The Morgan fingerprint density at radius 2 is 1.07 bits per heavy atom. The third-order valence-corrected chi connectivity index (χ3v) is 15.8. The molecule has 2 aliphatic heterocycles. The van der Waals surface area contributed by atoms with Crippen LogP contribution in [0.1, 0.15) is 133 Å². The number of benzene rings is 4. The van der Waals surface area contributed by atoms with Crippen LogP contribution in [0.3, 0.4) is 0 Å². The van der Waals surface area contributed by atoms with Crippen LogP contribution in [0.4, 0.5) is 0 Å². The molecule has 4 aromatic carbocycles. The van der Waals surface area contributed by atoms with Crippen molar-refractivity contribution in [2.24, 2.45) is 0 Å². The van der Waals surface area contributed by atoms with Gasteiger partial charge < -0.3 is 52.3 Å². The fraction of sp³-hybridized carbons (Fsp3) is 0.406. The quantitative estimate of drug-likeness (QED) is 0.0453. The van der Waals surface area contributed by atoms with Gasteiger partial charge in [0.05, 0.1) is 24.2 Å². The normalized spacial score (nSPS) is 20.0. The van der Waals surface area contributed by atoms with Crippen molar-refractivity contribution in [3.8, 4) is 11.8 Å². The first-order valence-corrected chi connectivity index (χ1v) is 28.2. The second kappa shape index (κ2) is 27.9. The number of rotatable bonds is 20. The van der Waals surface area contributed by atoms with Crippen molar-refractivity contribution >= 4 is 47.3 Å². The van der Waals surface area contributed by atoms with Crippen molar-refractivity contribution in [1.82, 2.24) is 52.3 Å². The summed E-state index contributed by atoms with van der Waals surface area (Å²) in [5.74, 6) is 2.86. The van der Waals surface area contributed by atoms with Gasteiger partial charge in [0.15, 0.2) is 0 Å². The topological polar surface area (TPSA) is 239 Å². The number of carbonyl (C=O) groups excluding carboxylic acids is 8. The van der Waals surface area contributed by atoms with E-state index in [1.807, 2.05) is 56.3 Å². The molecule has 2 saturated heterocycles. The summed E-state index contributed by atoms with van der Waals surface area (Å²) in [5, 5.41) is 23.7. The summed E-state index contributed by atoms with van der Waals surface area (Å²) in [5.41, 5.74) is 6.89. The van der Waals surface area contributed by atoms with E-state index in [4.69, 9.17) is 0 Å². The van der Waals surface area contributed by atoms with Crippen LogP contribution < -0.4 is 42.5 Å². The van der Waals surface area contributed by atoms with Gasteiger partial charge in [-0.1, -0.05) is 80.5 Å². The Kier molecular flexibility index (Phi) is 20.8. The van der Waals surface area contributed by atoms with Gasteiger partial charge in [-0.05, 0) is 169 Å². The van der Waals surface area contributed by atoms with E-state index in [1.165, 1.54) is 15.4 Å². The zero-order valence-corrected chi connectivity index (χ0v) is 48.2. The van der Waals surface area contributed by atoms with Crippen LogP contribution >= 0.6 is 0 Å². The number of fused-ring (bicyclic) bond motifs is 1. The number of likely N-dealkylation sites (tertiary alicyclic amines) is 2. The monoisotopic (exact) mass is 1110 g/mol. The van der Waals surface area contributed by atoms with Crippen molar-refractivity contribution in [2.75, 3.05) is 27.2 Å². The summed E-state index contributed by atoms with van der Waals surface area (Å²) in [4.78, 5) is 113. The van der Waals surface area contributed by atoms with E-state index in [0.717, 1.165) is 36.0 Å². The van der Waals surface area contributed by atoms with E-state index in [0.29, 0.717) is 39.8 Å². The summed E-state index contributed by atoms with van der Waals surface area (Å²) in [6, 6.07) is 22.1. The predicted octanol–water partition coefficient (Wildman–Crippen LogP) is 4.59. The van der Waals surface area contributed by atoms with Gasteiger partial charge in [0, 0.05) is 47.4 Å². The molecular weight excluding hydrogens is 1040 g/mol. The zero-order chi connectivity index (χ0) is 59.4. The van der Waals surface area contributed by atoms with Crippen molar-refractivity contribution in [3.63, 3.8) is 0 Å². The van der Waals surface area contributed by atoms with Crippen molar-refractivity contribution in [2.45, 2.75) is 140 Å². The average molecular weight is 1120 g/mol. The summed E-state index contributed by atoms with van der Waals surface area (Å²) in [6.07, 6.45) is 3.43. The van der Waals surface area contributed by atoms with E-state index in [-0.39, 0.29) is 49.8 Å². The highest BCUT2D eigenvalue weighted by Gasteiger charge is 2.45. The SMILES string of the molecule is C=C(C)[C@H](NC(=O)[C@H](C)NC)C(=O)N1C[C@@H](NC(=O)c2ccc(C#Cc3ccc(C(=O)N[C@H]4C[C@@H](C(=O)N[C@@H]5CCCc6ccccc65)N(C(=O)[C@@H](NC(=O)[C@H](C)NC)C(=C)C)C4)cc3)cc2)C[C@H]1C(=O)N[C@H](CC)c1ccccc1C. The molecule has 0 unspecified atom stereocenters. The molecule has 432 valence electrons. The molecule has 18 nitrogen and oxygen atoms in total. The number of aryl methyl sites for hydroxylation is 2. The van der Waals surface area contributed by atoms with Gasteiger partial charge in [-0.25, -0.2) is 0 Å². The molecule has 0 bridgehead atoms. The number of hydrogen-bond acceptors (Lipinski definition) is 10. The minimum absolute atomic E-state index is 0.0142. The maximum absolute atomic E-state index is 14.3. The zero-order valence-electron chi connectivity index (χ0n) is 48.2. The van der Waals surface area contributed by atoms with Gasteiger partial charge in [-0.3, -0.25) is 38.4 Å². The summed E-state index contributed by atoms with van der Waals surface area (Å²) < 4.78 is 0. The molecule has 7 rings (SSSR count). The molecule has 18 heteroatoms. The van der Waals surface area contributed by atoms with Crippen LogP contribution in [0.25, 0.3) is 0 Å². The van der Waals surface area contributed by atoms with Gasteiger partial charge in [0.2, 0.25) is 35.4 Å². The highest BCUT2D eigenvalue weighted by molar-refractivity contribution is 5.98. The number of nitrogens with one attached hydrogen (secondary N) is 8. The van der Waals surface area contributed by atoms with Gasteiger partial charge in [0.1, 0.15) is 24.2 Å². The van der Waals surface area contributed by atoms with Crippen molar-refractivity contribution in [3.05, 3.63) is 166 Å². The van der Waals surface area contributed by atoms with E-state index in [2.05, 4.69) is 73.6 Å². The summed E-state index contributed by atoms with van der Waals surface area (Å²) in [7, 11) is 3.27. The van der Waals surface area contributed by atoms with Gasteiger partial charge in [-0.15, -0.1) is 0 Å². The third kappa shape index (κ3) is 14.9. The van der Waals surface area contributed by atoms with E-state index < -0.39 is 83.8 Å². The number of likely N-dealkylation sites (N-methyl/N-ethyl adjacent to an activating group) is 2. The molecule has 2 fully saturated rings. The lowest BCUT2D eigenvalue weighted by molar-refractivity contribution is -0.141. The van der Waals surface area contributed by atoms with Crippen LogP contribution in [0.15, 0.2) is 121 Å². The lowest BCUT2D eigenvalue weighted by Crippen LogP contribution is -2.56. The molecule has 8 N–H and O–H groups in total. The maximum atomic E-state index is 14.3. The number of amides is 8. The van der Waals surface area contributed by atoms with Crippen LogP contribution in [0, 0.1) is 18.8 Å². The minimum atomic E-state index is -1.11. The molecule has 0 aromatic heterocycles. The molecule has 3 aliphatic rings. The van der Waals surface area contributed by atoms with E-state index in [1.54, 1.807) is 90.3 Å². The molecule has 0 radical (unpaired) electrons. The minimum Gasteiger partial charge on any atom is -0.348 e. The molecule has 1 aliphatic carbocycles. The first kappa shape index (κ1) is 61.2. The largest absolute Gasteiger partial charge is 0.348 e. The standard InChI is InChI=1S/C64H78N10O8/c1-11-51(49-20-14-12-17-39(49)6)69-61(79)53-33-47(35-73(53)63(81)55(37(2)3)71-57(75)40(7)65-9)67-59(77)45-29-25-42(26-30-45)23-24-43-27-31-46(32-28-43)60(78)68-48-34-54(62(80)70-52-22-16-19-44-18-13-15-21-50(44)52)74(36-48)64(82)56(38(4)5)72-58(76)41(8)66-10/h12-15,17-18,20-21,25-32,40-41,47-48,51-56,65-66H,2,4,11,16,19,22,33-36H2,1,3,5-10H3,(H,67,77)(H,68,78)(H,69,79)(H,70,80)(H,71,75)(H,72,76)/t40-,41-,47-,48-,51+,52+,53-,54-,55-,56-/m0/s1. The molecule has 4 aromatic rings. The second-order valence-corrected chi connectivity index (χ2v) is 21.8. The second-order valence-electron chi connectivity index (χ2n) is 21.8. The first-order valence-electron chi connectivity index (χ1n) is 28.2. The Balaban J connectivity index is 0.996. The Bertz CT molecular complexity index is 2980. The lowest BCUT2D eigenvalue weighted by Gasteiger charge is -2.32. The molecule has 82 heavy (non-hydrogen) atoms. The number of hydrogen-bond donors (Lipinski definition) is 8.